The molecule has 0 bridgehead atoms. The lowest BCUT2D eigenvalue weighted by Gasteiger charge is -2.31. The first-order valence-electron chi connectivity index (χ1n) is 11.3. The quantitative estimate of drug-likeness (QED) is 0.533. The molecule has 32 heavy (non-hydrogen) atoms. The van der Waals surface area contributed by atoms with Crippen molar-refractivity contribution >= 4 is 5.91 Å². The molecule has 2 N–H and O–H groups in total. The third-order valence-electron chi connectivity index (χ3n) is 6.08. The monoisotopic (exact) mass is 433 g/mol. The topological polar surface area (TPSA) is 83.3 Å². The Morgan fingerprint density at radius 1 is 1.16 bits per heavy atom. The number of hydrogen-bond donors (Lipinski definition) is 2. The minimum absolute atomic E-state index is 0.0573. The molecular formula is C25H31N5O2. The average molecular weight is 434 g/mol. The maximum absolute atomic E-state index is 12.1. The Morgan fingerprint density at radius 2 is 1.97 bits per heavy atom. The molecule has 1 saturated heterocycles. The number of aliphatic hydroxyl groups excluding tert-OH is 1. The van der Waals surface area contributed by atoms with Gasteiger partial charge in [0.15, 0.2) is 5.69 Å². The van der Waals surface area contributed by atoms with Crippen molar-refractivity contribution in [2.75, 3.05) is 26.2 Å². The molecule has 2 aromatic carbocycles. The van der Waals surface area contributed by atoms with Crippen molar-refractivity contribution in [2.45, 2.75) is 38.8 Å². The van der Waals surface area contributed by atoms with Crippen molar-refractivity contribution < 1.29 is 9.90 Å². The van der Waals surface area contributed by atoms with Gasteiger partial charge in [-0.05, 0) is 54.5 Å². The molecule has 1 amide bonds. The Balaban J connectivity index is 1.32. The van der Waals surface area contributed by atoms with Crippen molar-refractivity contribution in [1.29, 1.82) is 0 Å². The number of aromatic nitrogens is 3. The maximum atomic E-state index is 12.1. The smallest absolute Gasteiger partial charge is 0.273 e. The van der Waals surface area contributed by atoms with Gasteiger partial charge in [-0.25, -0.2) is 4.68 Å². The lowest BCUT2D eigenvalue weighted by Crippen LogP contribution is -2.34. The Labute approximate surface area is 189 Å². The van der Waals surface area contributed by atoms with Crippen LogP contribution in [0.1, 0.15) is 46.9 Å². The minimum atomic E-state index is -0.240. The number of nitrogens with one attached hydrogen (secondary N) is 1. The molecule has 0 unspecified atom stereocenters. The van der Waals surface area contributed by atoms with Crippen molar-refractivity contribution in [1.82, 2.24) is 25.2 Å². The van der Waals surface area contributed by atoms with Crippen molar-refractivity contribution in [3.8, 4) is 11.1 Å². The van der Waals surface area contributed by atoms with E-state index in [-0.39, 0.29) is 18.6 Å². The molecule has 1 aliphatic heterocycles. The van der Waals surface area contributed by atoms with Crippen LogP contribution in [0, 0.1) is 6.92 Å². The number of likely N-dealkylation sites (tertiary alicyclic amines) is 1. The van der Waals surface area contributed by atoms with E-state index in [0.717, 1.165) is 32.5 Å². The molecule has 3 aromatic rings. The highest BCUT2D eigenvalue weighted by Gasteiger charge is 2.23. The second kappa shape index (κ2) is 10.5. The SMILES string of the molecule is Cc1ccccc1-c1cccc(CN2CCC(n3cc(C(=O)NCCCO)nn3)CC2)c1. The summed E-state index contributed by atoms with van der Waals surface area (Å²) in [6, 6.07) is 17.6. The summed E-state index contributed by atoms with van der Waals surface area (Å²) in [5, 5.41) is 19.8. The van der Waals surface area contributed by atoms with Crippen LogP contribution in [0.25, 0.3) is 11.1 Å². The van der Waals surface area contributed by atoms with Crippen molar-refractivity contribution in [3.63, 3.8) is 0 Å². The number of amides is 1. The van der Waals surface area contributed by atoms with E-state index in [1.54, 1.807) is 6.20 Å². The maximum Gasteiger partial charge on any atom is 0.273 e. The van der Waals surface area contributed by atoms with Gasteiger partial charge in [0.05, 0.1) is 12.2 Å². The van der Waals surface area contributed by atoms with Crippen LogP contribution in [0.2, 0.25) is 0 Å². The molecule has 7 heteroatoms. The second-order valence-electron chi connectivity index (χ2n) is 8.44. The van der Waals surface area contributed by atoms with Gasteiger partial charge in [-0.2, -0.15) is 0 Å². The van der Waals surface area contributed by atoms with E-state index < -0.39 is 0 Å². The third-order valence-corrected chi connectivity index (χ3v) is 6.08. The Morgan fingerprint density at radius 3 is 2.75 bits per heavy atom. The summed E-state index contributed by atoms with van der Waals surface area (Å²) >= 11 is 0. The summed E-state index contributed by atoms with van der Waals surface area (Å²) in [4.78, 5) is 14.6. The predicted octanol–water partition coefficient (Wildman–Crippen LogP) is 3.20. The third kappa shape index (κ3) is 5.41. The summed E-state index contributed by atoms with van der Waals surface area (Å²) in [5.41, 5.74) is 5.50. The van der Waals surface area contributed by atoms with Crippen molar-refractivity contribution in [3.05, 3.63) is 71.5 Å². The molecule has 7 nitrogen and oxygen atoms in total. The number of aliphatic hydroxyl groups is 1. The first kappa shape index (κ1) is 22.2. The van der Waals surface area contributed by atoms with Gasteiger partial charge in [-0.15, -0.1) is 5.10 Å². The van der Waals surface area contributed by atoms with Gasteiger partial charge < -0.3 is 10.4 Å². The van der Waals surface area contributed by atoms with E-state index in [0.29, 0.717) is 18.7 Å². The van der Waals surface area contributed by atoms with Gasteiger partial charge in [-0.3, -0.25) is 9.69 Å². The molecule has 0 aliphatic carbocycles. The molecule has 1 aromatic heterocycles. The van der Waals surface area contributed by atoms with Gasteiger partial charge >= 0.3 is 0 Å². The summed E-state index contributed by atoms with van der Waals surface area (Å²) in [6.45, 7) is 5.55. The largest absolute Gasteiger partial charge is 0.396 e. The van der Waals surface area contributed by atoms with Crippen LogP contribution in [0.5, 0.6) is 0 Å². The number of piperidine rings is 1. The molecule has 1 aliphatic rings. The molecule has 4 rings (SSSR count). The Kier molecular flexibility index (Phi) is 7.29. The van der Waals surface area contributed by atoms with Gasteiger partial charge in [0.2, 0.25) is 0 Å². The van der Waals surface area contributed by atoms with Crippen LogP contribution >= 0.6 is 0 Å². The highest BCUT2D eigenvalue weighted by atomic mass is 16.3. The van der Waals surface area contributed by atoms with E-state index in [4.69, 9.17) is 5.11 Å². The fourth-order valence-corrected chi connectivity index (χ4v) is 4.26. The first-order chi connectivity index (χ1) is 15.6. The average Bonchev–Trinajstić information content (AvgIpc) is 3.31. The fourth-order valence-electron chi connectivity index (χ4n) is 4.26. The van der Waals surface area contributed by atoms with Crippen LogP contribution in [-0.4, -0.2) is 57.1 Å². The fraction of sp³-hybridized carbons (Fsp3) is 0.400. The summed E-state index contributed by atoms with van der Waals surface area (Å²) in [7, 11) is 0. The number of aryl methyl sites for hydroxylation is 1. The first-order valence-corrected chi connectivity index (χ1v) is 11.3. The van der Waals surface area contributed by atoms with Gasteiger partial charge in [0.1, 0.15) is 0 Å². The molecule has 0 radical (unpaired) electrons. The van der Waals surface area contributed by atoms with E-state index >= 15 is 0 Å². The normalized spacial score (nSPS) is 15.1. The highest BCUT2D eigenvalue weighted by Crippen LogP contribution is 2.26. The number of carbonyl (C=O) groups excluding carboxylic acids is 1. The molecule has 0 saturated carbocycles. The lowest BCUT2D eigenvalue weighted by atomic mass is 9.98. The van der Waals surface area contributed by atoms with Gasteiger partial charge in [-0.1, -0.05) is 47.7 Å². The second-order valence-corrected chi connectivity index (χ2v) is 8.44. The minimum Gasteiger partial charge on any atom is -0.396 e. The number of rotatable bonds is 8. The number of hydrogen-bond acceptors (Lipinski definition) is 5. The van der Waals surface area contributed by atoms with E-state index in [9.17, 15) is 4.79 Å². The zero-order valence-corrected chi connectivity index (χ0v) is 18.6. The summed E-state index contributed by atoms with van der Waals surface area (Å²) in [5.74, 6) is -0.240. The van der Waals surface area contributed by atoms with Crippen LogP contribution in [0.15, 0.2) is 54.7 Å². The predicted molar refractivity (Wildman–Crippen MR) is 124 cm³/mol. The zero-order valence-electron chi connectivity index (χ0n) is 18.6. The Bertz CT molecular complexity index is 1040. The molecule has 0 spiro atoms. The summed E-state index contributed by atoms with van der Waals surface area (Å²) in [6.07, 6.45) is 4.23. The van der Waals surface area contributed by atoms with Crippen LogP contribution < -0.4 is 5.32 Å². The number of carbonyl (C=O) groups is 1. The zero-order chi connectivity index (χ0) is 22.3. The molecule has 2 heterocycles. The van der Waals surface area contributed by atoms with Crippen molar-refractivity contribution in [2.24, 2.45) is 0 Å². The van der Waals surface area contributed by atoms with Crippen LogP contribution in [0.3, 0.4) is 0 Å². The molecule has 0 atom stereocenters. The van der Waals surface area contributed by atoms with Gasteiger partial charge in [0, 0.05) is 32.8 Å². The standard InChI is InChI=1S/C25H31N5O2/c1-19-6-2-3-9-23(19)21-8-4-7-20(16-21)17-29-13-10-22(11-14-29)30-18-24(27-28-30)25(32)26-12-5-15-31/h2-4,6-9,16,18,22,31H,5,10-15,17H2,1H3,(H,26,32). The molecular weight excluding hydrogens is 402 g/mol. The van der Waals surface area contributed by atoms with Gasteiger partial charge in [0.25, 0.3) is 5.91 Å². The molecule has 1 fully saturated rings. The lowest BCUT2D eigenvalue weighted by molar-refractivity contribution is 0.0946. The molecule has 168 valence electrons. The van der Waals surface area contributed by atoms with E-state index in [1.807, 2.05) is 4.68 Å². The number of nitrogens with zero attached hydrogens (tertiary/aromatic N) is 4. The Hall–Kier alpha value is -3.03. The van der Waals surface area contributed by atoms with E-state index in [1.165, 1.54) is 22.3 Å². The highest BCUT2D eigenvalue weighted by molar-refractivity contribution is 5.91. The summed E-state index contributed by atoms with van der Waals surface area (Å²) < 4.78 is 1.83. The number of benzene rings is 2. The van der Waals surface area contributed by atoms with Crippen LogP contribution in [-0.2, 0) is 6.54 Å². The van der Waals surface area contributed by atoms with Crippen LogP contribution in [0.4, 0.5) is 0 Å². The van der Waals surface area contributed by atoms with E-state index in [2.05, 4.69) is 76.0 Å².